The summed E-state index contributed by atoms with van der Waals surface area (Å²) >= 11 is 5.90. The van der Waals surface area contributed by atoms with Crippen molar-refractivity contribution in [2.24, 2.45) is 7.05 Å². The highest BCUT2D eigenvalue weighted by atomic mass is 35.5. The lowest BCUT2D eigenvalue weighted by Gasteiger charge is -2.12. The van der Waals surface area contributed by atoms with Crippen molar-refractivity contribution in [3.05, 3.63) is 57.6 Å². The van der Waals surface area contributed by atoms with E-state index < -0.39 is 5.82 Å². The fourth-order valence-corrected chi connectivity index (χ4v) is 2.34. The number of hydrogen-bond acceptors (Lipinski definition) is 4. The lowest BCUT2D eigenvalue weighted by molar-refractivity contribution is 0.438. The number of halogens is 2. The summed E-state index contributed by atoms with van der Waals surface area (Å²) in [6.07, 6.45) is 3.75. The van der Waals surface area contributed by atoms with Crippen LogP contribution in [0.3, 0.4) is 0 Å². The normalized spacial score (nSPS) is 10.9. The van der Waals surface area contributed by atoms with E-state index in [1.165, 1.54) is 17.1 Å². The average Bonchev–Trinajstić information content (AvgIpc) is 2.49. The van der Waals surface area contributed by atoms with Gasteiger partial charge in [0.2, 0.25) is 0 Å². The number of benzene rings is 1. The van der Waals surface area contributed by atoms with Gasteiger partial charge in [0.05, 0.1) is 23.4 Å². The van der Waals surface area contributed by atoms with Crippen LogP contribution in [0.15, 0.2) is 35.6 Å². The van der Waals surface area contributed by atoms with Crippen LogP contribution in [0.2, 0.25) is 5.02 Å². The topological polar surface area (TPSA) is 57.0 Å². The zero-order valence-electron chi connectivity index (χ0n) is 11.8. The molecule has 0 unspecified atom stereocenters. The summed E-state index contributed by atoms with van der Waals surface area (Å²) in [6, 6.07) is 3.27. The van der Waals surface area contributed by atoms with E-state index in [2.05, 4.69) is 9.97 Å². The molecule has 0 saturated carbocycles. The summed E-state index contributed by atoms with van der Waals surface area (Å²) in [4.78, 5) is 20.1. The molecule has 5 nitrogen and oxygen atoms in total. The maximum Gasteiger partial charge on any atom is 0.261 e. The van der Waals surface area contributed by atoms with E-state index in [0.717, 1.165) is 6.20 Å². The zero-order chi connectivity index (χ0) is 15.9. The van der Waals surface area contributed by atoms with E-state index in [1.54, 1.807) is 26.1 Å². The SMILES string of the molecule is Cc1c(Oc2c(F)cncc2Cl)ccc2ncn(C)c(=O)c12. The standard InChI is InChI=1S/C15H11ClFN3O2/c1-8-12(22-14-9(16)5-18-6-10(14)17)4-3-11-13(8)15(21)20(2)7-19-11/h3-7H,1-2H3. The fourth-order valence-electron chi connectivity index (χ4n) is 2.15. The van der Waals surface area contributed by atoms with Gasteiger partial charge in [-0.25, -0.2) is 9.37 Å². The van der Waals surface area contributed by atoms with E-state index in [-0.39, 0.29) is 16.3 Å². The lowest BCUT2D eigenvalue weighted by Crippen LogP contribution is -2.18. The van der Waals surface area contributed by atoms with Crippen LogP contribution in [0.5, 0.6) is 11.5 Å². The molecule has 2 aromatic heterocycles. The number of pyridine rings is 1. The van der Waals surface area contributed by atoms with Crippen molar-refractivity contribution in [2.75, 3.05) is 0 Å². The van der Waals surface area contributed by atoms with Crippen LogP contribution in [0.4, 0.5) is 4.39 Å². The molecule has 0 bridgehead atoms. The second kappa shape index (κ2) is 5.38. The Morgan fingerprint density at radius 2 is 2.09 bits per heavy atom. The van der Waals surface area contributed by atoms with Gasteiger partial charge in [-0.05, 0) is 19.1 Å². The third-order valence-electron chi connectivity index (χ3n) is 3.32. The molecule has 0 radical (unpaired) electrons. The van der Waals surface area contributed by atoms with Crippen LogP contribution in [0, 0.1) is 12.7 Å². The van der Waals surface area contributed by atoms with Crippen molar-refractivity contribution in [3.8, 4) is 11.5 Å². The van der Waals surface area contributed by atoms with Gasteiger partial charge in [0.15, 0.2) is 11.6 Å². The maximum atomic E-state index is 13.8. The Kier molecular flexibility index (Phi) is 3.54. The fraction of sp³-hybridized carbons (Fsp3) is 0.133. The highest BCUT2D eigenvalue weighted by Crippen LogP contribution is 2.34. The molecule has 7 heteroatoms. The first-order valence-electron chi connectivity index (χ1n) is 6.41. The molecule has 3 aromatic rings. The number of hydrogen-bond donors (Lipinski definition) is 0. The first-order valence-corrected chi connectivity index (χ1v) is 6.78. The Morgan fingerprint density at radius 1 is 1.32 bits per heavy atom. The van der Waals surface area contributed by atoms with E-state index in [4.69, 9.17) is 16.3 Å². The number of ether oxygens (including phenoxy) is 1. The molecule has 0 N–H and O–H groups in total. The molecular weight excluding hydrogens is 309 g/mol. The Hall–Kier alpha value is -2.47. The van der Waals surface area contributed by atoms with Gasteiger partial charge in [-0.1, -0.05) is 11.6 Å². The number of rotatable bonds is 2. The summed E-state index contributed by atoms with van der Waals surface area (Å²) in [7, 11) is 1.61. The molecule has 0 aliphatic heterocycles. The molecule has 0 spiro atoms. The predicted octanol–water partition coefficient (Wildman–Crippen LogP) is 3.22. The number of aromatic nitrogens is 3. The summed E-state index contributed by atoms with van der Waals surface area (Å²) in [5.74, 6) is -0.462. The Balaban J connectivity index is 2.19. The number of nitrogens with zero attached hydrogens (tertiary/aromatic N) is 3. The third-order valence-corrected chi connectivity index (χ3v) is 3.59. The van der Waals surface area contributed by atoms with Gasteiger partial charge in [0, 0.05) is 18.8 Å². The molecule has 2 heterocycles. The molecule has 3 rings (SSSR count). The quantitative estimate of drug-likeness (QED) is 0.727. The van der Waals surface area contributed by atoms with Crippen LogP contribution in [0.1, 0.15) is 5.56 Å². The second-order valence-electron chi connectivity index (χ2n) is 4.78. The molecule has 0 aliphatic rings. The van der Waals surface area contributed by atoms with Crippen molar-refractivity contribution < 1.29 is 9.13 Å². The molecular formula is C15H11ClFN3O2. The molecule has 0 atom stereocenters. The largest absolute Gasteiger partial charge is 0.452 e. The minimum atomic E-state index is -0.675. The van der Waals surface area contributed by atoms with Crippen molar-refractivity contribution >= 4 is 22.5 Å². The van der Waals surface area contributed by atoms with Crippen LogP contribution >= 0.6 is 11.6 Å². The molecule has 0 saturated heterocycles. The molecule has 0 aliphatic carbocycles. The molecule has 22 heavy (non-hydrogen) atoms. The van der Waals surface area contributed by atoms with Crippen LogP contribution < -0.4 is 10.3 Å². The van der Waals surface area contributed by atoms with E-state index in [0.29, 0.717) is 22.2 Å². The lowest BCUT2D eigenvalue weighted by atomic mass is 10.1. The average molecular weight is 320 g/mol. The first-order chi connectivity index (χ1) is 10.5. The summed E-state index contributed by atoms with van der Waals surface area (Å²) < 4.78 is 20.7. The van der Waals surface area contributed by atoms with E-state index in [1.807, 2.05) is 0 Å². The molecule has 0 amide bonds. The van der Waals surface area contributed by atoms with Crippen LogP contribution in [0.25, 0.3) is 10.9 Å². The van der Waals surface area contributed by atoms with Gasteiger partial charge in [-0.15, -0.1) is 0 Å². The van der Waals surface area contributed by atoms with Gasteiger partial charge in [0.1, 0.15) is 10.8 Å². The third kappa shape index (κ3) is 2.31. The van der Waals surface area contributed by atoms with Crippen LogP contribution in [-0.2, 0) is 7.05 Å². The minimum Gasteiger partial charge on any atom is -0.452 e. The Labute approximate surface area is 130 Å². The number of fused-ring (bicyclic) bond motifs is 1. The Morgan fingerprint density at radius 3 is 2.82 bits per heavy atom. The van der Waals surface area contributed by atoms with Crippen molar-refractivity contribution in [3.63, 3.8) is 0 Å². The minimum absolute atomic E-state index is 0.0542. The smallest absolute Gasteiger partial charge is 0.261 e. The van der Waals surface area contributed by atoms with Gasteiger partial charge >= 0.3 is 0 Å². The van der Waals surface area contributed by atoms with Gasteiger partial charge in [0.25, 0.3) is 5.56 Å². The van der Waals surface area contributed by atoms with Crippen molar-refractivity contribution in [2.45, 2.75) is 6.92 Å². The van der Waals surface area contributed by atoms with Gasteiger partial charge in [-0.2, -0.15) is 0 Å². The highest BCUT2D eigenvalue weighted by molar-refractivity contribution is 6.31. The van der Waals surface area contributed by atoms with E-state index >= 15 is 0 Å². The Bertz CT molecular complexity index is 920. The molecule has 1 aromatic carbocycles. The summed E-state index contributed by atoms with van der Waals surface area (Å²) in [5.41, 5.74) is 0.918. The van der Waals surface area contributed by atoms with Gasteiger partial charge in [-0.3, -0.25) is 9.78 Å². The molecule has 112 valence electrons. The highest BCUT2D eigenvalue weighted by Gasteiger charge is 2.15. The van der Waals surface area contributed by atoms with Crippen molar-refractivity contribution in [1.82, 2.24) is 14.5 Å². The van der Waals surface area contributed by atoms with E-state index in [9.17, 15) is 9.18 Å². The predicted molar refractivity (Wildman–Crippen MR) is 81.0 cm³/mol. The van der Waals surface area contributed by atoms with Crippen LogP contribution in [-0.4, -0.2) is 14.5 Å². The zero-order valence-corrected chi connectivity index (χ0v) is 12.6. The monoisotopic (exact) mass is 319 g/mol. The number of aryl methyl sites for hydroxylation is 2. The summed E-state index contributed by atoms with van der Waals surface area (Å²) in [5, 5.41) is 0.478. The summed E-state index contributed by atoms with van der Waals surface area (Å²) in [6.45, 7) is 1.72. The second-order valence-corrected chi connectivity index (χ2v) is 5.18. The van der Waals surface area contributed by atoms with Gasteiger partial charge < -0.3 is 9.30 Å². The maximum absolute atomic E-state index is 13.8. The molecule has 0 fully saturated rings. The first kappa shape index (κ1) is 14.5. The van der Waals surface area contributed by atoms with Crippen molar-refractivity contribution in [1.29, 1.82) is 0 Å².